The number of urea groups is 1. The number of ether oxygens (including phenoxy) is 2. The smallest absolute Gasteiger partial charge is 0.328 e. The van der Waals surface area contributed by atoms with Crippen molar-refractivity contribution in [3.63, 3.8) is 0 Å². The Morgan fingerprint density at radius 3 is 1.79 bits per heavy atom. The highest BCUT2D eigenvalue weighted by atomic mass is 16.5. The second-order valence-electron chi connectivity index (χ2n) is 14.4. The summed E-state index contributed by atoms with van der Waals surface area (Å²) in [6, 6.07) is -4.61. The molecular weight excluding hydrogens is 798 g/mol. The summed E-state index contributed by atoms with van der Waals surface area (Å²) in [6.07, 6.45) is 2.48. The summed E-state index contributed by atoms with van der Waals surface area (Å²) in [6.45, 7) is 18.2. The average molecular weight is 870 g/mol. The van der Waals surface area contributed by atoms with Gasteiger partial charge in [0.15, 0.2) is 0 Å². The lowest BCUT2D eigenvalue weighted by molar-refractivity contribution is -0.149. The standard InChI is InChI=1S/C34H57N9O9.C5H10O2.CH4O/c1-8-41(9-2)19-20-52-32(50)25(13-10-16-35-33(37-23(6)45)38-24(7)46)39-29(47)27-15-12-18-43(27)34(51)40-30(48)26-14-11-17-42(26)31(49)28(21(3)4)36-22(5)44;1-3-5(6)7-4-2;1-2/h21,25-28H,8-20H2,1-7H3,(H,36,44)(H,39,47)(H,40,48,51)(H2,35,37,38,45,46);3-4H2,1-2H3;2H,1H3. The van der Waals surface area contributed by atoms with Crippen LogP contribution in [0.2, 0.25) is 0 Å². The van der Waals surface area contributed by atoms with Gasteiger partial charge in [-0.3, -0.25) is 54.5 Å². The fraction of sp³-hybridized carbons (Fsp3) is 0.750. The van der Waals surface area contributed by atoms with E-state index in [2.05, 4.69) is 41.2 Å². The second-order valence-corrected chi connectivity index (χ2v) is 14.4. The van der Waals surface area contributed by atoms with Crippen LogP contribution in [0, 0.1) is 5.92 Å². The second kappa shape index (κ2) is 30.8. The van der Waals surface area contributed by atoms with Gasteiger partial charge in [-0.25, -0.2) is 9.59 Å². The number of aliphatic imine (C=N–C) groups is 1. The number of rotatable bonds is 18. The van der Waals surface area contributed by atoms with E-state index in [0.717, 1.165) is 20.2 Å². The van der Waals surface area contributed by atoms with E-state index >= 15 is 0 Å². The minimum Gasteiger partial charge on any atom is -0.466 e. The number of carbonyl (C=O) groups excluding carboxylic acids is 9. The molecule has 0 spiro atoms. The Labute approximate surface area is 359 Å². The van der Waals surface area contributed by atoms with Crippen molar-refractivity contribution in [2.24, 2.45) is 10.9 Å². The van der Waals surface area contributed by atoms with Gasteiger partial charge in [-0.15, -0.1) is 0 Å². The van der Waals surface area contributed by atoms with Gasteiger partial charge in [0.05, 0.1) is 6.61 Å². The molecule has 0 aromatic carbocycles. The molecule has 0 saturated carbocycles. The average Bonchev–Trinajstić information content (AvgIpc) is 3.91. The molecule has 2 aliphatic rings. The number of nitrogens with one attached hydrogen (secondary N) is 5. The molecule has 2 aliphatic heterocycles. The molecule has 21 heteroatoms. The van der Waals surface area contributed by atoms with Crippen LogP contribution in [0.4, 0.5) is 4.79 Å². The zero-order chi connectivity index (χ0) is 46.7. The van der Waals surface area contributed by atoms with Crippen molar-refractivity contribution >= 4 is 59.4 Å². The maximum absolute atomic E-state index is 13.6. The summed E-state index contributed by atoms with van der Waals surface area (Å²) in [5.74, 6) is -3.98. The van der Waals surface area contributed by atoms with E-state index in [1.54, 1.807) is 27.7 Å². The van der Waals surface area contributed by atoms with Crippen LogP contribution >= 0.6 is 0 Å². The van der Waals surface area contributed by atoms with Gasteiger partial charge in [0.2, 0.25) is 35.5 Å². The van der Waals surface area contributed by atoms with Crippen molar-refractivity contribution < 1.29 is 57.7 Å². The number of nitrogens with zero attached hydrogens (tertiary/aromatic N) is 4. The summed E-state index contributed by atoms with van der Waals surface area (Å²) in [5, 5.41) is 19.6. The van der Waals surface area contributed by atoms with Gasteiger partial charge in [-0.05, 0) is 64.5 Å². The van der Waals surface area contributed by atoms with E-state index in [9.17, 15) is 43.2 Å². The first-order valence-electron chi connectivity index (χ1n) is 21.0. The first-order chi connectivity index (χ1) is 28.9. The lowest BCUT2D eigenvalue weighted by Gasteiger charge is -2.31. The van der Waals surface area contributed by atoms with Crippen molar-refractivity contribution in [3.05, 3.63) is 0 Å². The molecular formula is C40H71N9O12. The number of hydrogen-bond acceptors (Lipinski definition) is 14. The summed E-state index contributed by atoms with van der Waals surface area (Å²) in [5.41, 5.74) is 0. The molecule has 0 aliphatic carbocycles. The van der Waals surface area contributed by atoms with Gasteiger partial charge in [0, 0.05) is 60.5 Å². The van der Waals surface area contributed by atoms with Crippen LogP contribution < -0.4 is 26.6 Å². The van der Waals surface area contributed by atoms with Crippen molar-refractivity contribution in [1.29, 1.82) is 0 Å². The molecule has 2 saturated heterocycles. The number of amides is 8. The lowest BCUT2D eigenvalue weighted by Crippen LogP contribution is -2.57. The van der Waals surface area contributed by atoms with Gasteiger partial charge in [-0.1, -0.05) is 34.6 Å². The topological polar surface area (TPSA) is 275 Å². The summed E-state index contributed by atoms with van der Waals surface area (Å²) >= 11 is 0. The van der Waals surface area contributed by atoms with Crippen molar-refractivity contribution in [2.75, 3.05) is 59.6 Å². The summed E-state index contributed by atoms with van der Waals surface area (Å²) in [4.78, 5) is 121. The van der Waals surface area contributed by atoms with Crippen LogP contribution in [0.5, 0.6) is 0 Å². The first-order valence-corrected chi connectivity index (χ1v) is 21.0. The van der Waals surface area contributed by atoms with Crippen LogP contribution in [-0.4, -0.2) is 163 Å². The zero-order valence-electron chi connectivity index (χ0n) is 37.7. The van der Waals surface area contributed by atoms with E-state index in [1.807, 2.05) is 13.8 Å². The zero-order valence-corrected chi connectivity index (χ0v) is 37.7. The molecule has 0 aromatic rings. The van der Waals surface area contributed by atoms with Crippen LogP contribution in [0.15, 0.2) is 4.99 Å². The highest BCUT2D eigenvalue weighted by Crippen LogP contribution is 2.22. The van der Waals surface area contributed by atoms with Crippen LogP contribution in [0.1, 0.15) is 107 Å². The molecule has 6 N–H and O–H groups in total. The van der Waals surface area contributed by atoms with Gasteiger partial charge >= 0.3 is 18.0 Å². The molecule has 2 heterocycles. The van der Waals surface area contributed by atoms with Gasteiger partial charge < -0.3 is 39.9 Å². The molecule has 0 radical (unpaired) electrons. The fourth-order valence-corrected chi connectivity index (χ4v) is 6.38. The lowest BCUT2D eigenvalue weighted by atomic mass is 10.0. The summed E-state index contributed by atoms with van der Waals surface area (Å²) < 4.78 is 10.1. The number of esters is 2. The largest absolute Gasteiger partial charge is 0.466 e. The number of hydrogen-bond donors (Lipinski definition) is 6. The van der Waals surface area contributed by atoms with E-state index in [0.29, 0.717) is 51.8 Å². The number of aliphatic hydroxyl groups excluding tert-OH is 1. The molecule has 0 bridgehead atoms. The molecule has 2 fully saturated rings. The van der Waals surface area contributed by atoms with E-state index in [4.69, 9.17) is 9.84 Å². The number of guanidine groups is 1. The third kappa shape index (κ3) is 21.3. The Morgan fingerprint density at radius 2 is 1.31 bits per heavy atom. The van der Waals surface area contributed by atoms with Crippen LogP contribution in [0.3, 0.4) is 0 Å². The highest BCUT2D eigenvalue weighted by Gasteiger charge is 2.41. The molecule has 21 nitrogen and oxygen atoms in total. The highest BCUT2D eigenvalue weighted by molar-refractivity contribution is 6.03. The van der Waals surface area contributed by atoms with Gasteiger partial charge in [-0.2, -0.15) is 0 Å². The van der Waals surface area contributed by atoms with E-state index in [1.165, 1.54) is 30.6 Å². The Balaban J connectivity index is 0.00000361. The Morgan fingerprint density at radius 1 is 0.754 bits per heavy atom. The third-order valence-corrected chi connectivity index (χ3v) is 9.43. The Hall–Kier alpha value is -5.18. The molecule has 8 amide bonds. The Kier molecular flexibility index (Phi) is 28.2. The molecule has 4 unspecified atom stereocenters. The predicted octanol–water partition coefficient (Wildman–Crippen LogP) is 0.185. The maximum atomic E-state index is 13.6. The molecule has 2 rings (SSSR count). The fourth-order valence-electron chi connectivity index (χ4n) is 6.38. The van der Waals surface area contributed by atoms with Gasteiger partial charge in [0.25, 0.3) is 5.91 Å². The number of carbonyl (C=O) groups is 9. The SMILES string of the molecule is CCN(CC)CCOC(=O)C(CCCN=C(NC(C)=O)NC(C)=O)NC(=O)C1CCCN1C(=O)NC(=O)C1CCCN1C(=O)C(NC(C)=O)C(C)C.CCOC(=O)CC.CO. The van der Waals surface area contributed by atoms with Crippen LogP contribution in [0.25, 0.3) is 0 Å². The third-order valence-electron chi connectivity index (χ3n) is 9.43. The number of imide groups is 1. The molecule has 348 valence electrons. The minimum absolute atomic E-state index is 0.0397. The molecule has 61 heavy (non-hydrogen) atoms. The monoisotopic (exact) mass is 870 g/mol. The van der Waals surface area contributed by atoms with E-state index in [-0.39, 0.29) is 56.3 Å². The Bertz CT molecular complexity index is 1470. The quantitative estimate of drug-likeness (QED) is 0.0465. The first kappa shape index (κ1) is 55.8. The number of likely N-dealkylation sites (N-methyl/N-ethyl adjacent to an activating group) is 1. The number of aliphatic hydroxyl groups is 1. The van der Waals surface area contributed by atoms with Crippen LogP contribution in [-0.2, 0) is 47.8 Å². The van der Waals surface area contributed by atoms with Crippen molar-refractivity contribution in [3.8, 4) is 0 Å². The predicted molar refractivity (Wildman–Crippen MR) is 225 cm³/mol. The van der Waals surface area contributed by atoms with Crippen molar-refractivity contribution in [1.82, 2.24) is 41.3 Å². The minimum atomic E-state index is -1.09. The molecule has 0 aromatic heterocycles. The summed E-state index contributed by atoms with van der Waals surface area (Å²) in [7, 11) is 1.00. The maximum Gasteiger partial charge on any atom is 0.328 e. The van der Waals surface area contributed by atoms with E-state index < -0.39 is 65.7 Å². The van der Waals surface area contributed by atoms with Gasteiger partial charge in [0.1, 0.15) is 30.8 Å². The normalized spacial score (nSPS) is 16.3. The van der Waals surface area contributed by atoms with Crippen molar-refractivity contribution in [2.45, 2.75) is 131 Å². The number of likely N-dealkylation sites (tertiary alicyclic amines) is 2. The molecule has 4 atom stereocenters.